The molecule has 2 aromatic rings. The van der Waals surface area contributed by atoms with Crippen LogP contribution in [0.4, 0.5) is 5.82 Å². The fourth-order valence-electron chi connectivity index (χ4n) is 2.79. The smallest absolute Gasteiger partial charge is 0.256 e. The summed E-state index contributed by atoms with van der Waals surface area (Å²) in [5.74, 6) is -0.0820. The average molecular weight is 367 g/mol. The van der Waals surface area contributed by atoms with E-state index in [4.69, 9.17) is 23.2 Å². The largest absolute Gasteiger partial charge is 0.327 e. The van der Waals surface area contributed by atoms with Gasteiger partial charge in [-0.25, -0.2) is 0 Å². The number of anilines is 1. The van der Waals surface area contributed by atoms with Gasteiger partial charge in [0.1, 0.15) is 6.04 Å². The minimum atomic E-state index is -0.547. The number of nitrogens with zero attached hydrogens (tertiary/aromatic N) is 3. The van der Waals surface area contributed by atoms with E-state index in [1.165, 1.54) is 11.0 Å². The van der Waals surface area contributed by atoms with E-state index in [9.17, 15) is 9.59 Å². The Bertz CT molecular complexity index is 790. The predicted octanol–water partition coefficient (Wildman–Crippen LogP) is 2.97. The van der Waals surface area contributed by atoms with E-state index in [2.05, 4.69) is 10.4 Å². The number of likely N-dealkylation sites (tertiary alicyclic amines) is 1. The van der Waals surface area contributed by atoms with Gasteiger partial charge in [-0.1, -0.05) is 23.2 Å². The van der Waals surface area contributed by atoms with Crippen LogP contribution in [-0.2, 0) is 11.8 Å². The van der Waals surface area contributed by atoms with Crippen molar-refractivity contribution in [3.63, 3.8) is 0 Å². The third-order valence-electron chi connectivity index (χ3n) is 3.94. The van der Waals surface area contributed by atoms with Crippen molar-refractivity contribution in [1.29, 1.82) is 0 Å². The van der Waals surface area contributed by atoms with E-state index < -0.39 is 6.04 Å². The second-order valence-electron chi connectivity index (χ2n) is 5.64. The zero-order chi connectivity index (χ0) is 17.3. The highest BCUT2D eigenvalue weighted by molar-refractivity contribution is 6.35. The maximum atomic E-state index is 12.8. The summed E-state index contributed by atoms with van der Waals surface area (Å²) in [6.45, 7) is 0.502. The number of aromatic nitrogens is 2. The summed E-state index contributed by atoms with van der Waals surface area (Å²) in [6, 6.07) is 5.88. The lowest BCUT2D eigenvalue weighted by molar-refractivity contribution is -0.119. The van der Waals surface area contributed by atoms with E-state index in [1.54, 1.807) is 36.1 Å². The Hall–Kier alpha value is -2.05. The van der Waals surface area contributed by atoms with E-state index in [1.807, 2.05) is 0 Å². The Labute approximate surface area is 149 Å². The van der Waals surface area contributed by atoms with Gasteiger partial charge < -0.3 is 10.2 Å². The number of hydrogen-bond acceptors (Lipinski definition) is 3. The quantitative estimate of drug-likeness (QED) is 0.907. The highest BCUT2D eigenvalue weighted by Gasteiger charge is 2.35. The maximum Gasteiger partial charge on any atom is 0.256 e. The molecular weight excluding hydrogens is 351 g/mol. The van der Waals surface area contributed by atoms with Crippen molar-refractivity contribution in [2.45, 2.75) is 18.9 Å². The standard InChI is InChI=1S/C16H16Cl2N4O2/c1-21-8-6-14(20-21)19-15(23)13-3-2-7-22(13)16(24)11-9-10(17)4-5-12(11)18/h4-6,8-9,13H,2-3,7H2,1H3,(H,19,20,23)/t13-/m1/s1. The van der Waals surface area contributed by atoms with Crippen molar-refractivity contribution in [3.05, 3.63) is 46.1 Å². The second kappa shape index (κ2) is 6.83. The van der Waals surface area contributed by atoms with Crippen LogP contribution in [0.25, 0.3) is 0 Å². The first-order valence-corrected chi connectivity index (χ1v) is 8.28. The lowest BCUT2D eigenvalue weighted by Gasteiger charge is -2.24. The fraction of sp³-hybridized carbons (Fsp3) is 0.312. The van der Waals surface area contributed by atoms with Crippen LogP contribution in [0.5, 0.6) is 0 Å². The molecule has 0 saturated carbocycles. The number of rotatable bonds is 3. The Morgan fingerprint density at radius 3 is 2.79 bits per heavy atom. The van der Waals surface area contributed by atoms with Crippen LogP contribution < -0.4 is 5.32 Å². The molecule has 6 nitrogen and oxygen atoms in total. The zero-order valence-electron chi connectivity index (χ0n) is 13.0. The minimum absolute atomic E-state index is 0.252. The topological polar surface area (TPSA) is 67.2 Å². The van der Waals surface area contributed by atoms with Crippen molar-refractivity contribution in [3.8, 4) is 0 Å². The number of aryl methyl sites for hydroxylation is 1. The van der Waals surface area contributed by atoms with Crippen LogP contribution in [0.2, 0.25) is 10.0 Å². The summed E-state index contributed by atoms with van der Waals surface area (Å²) >= 11 is 12.1. The molecule has 2 amide bonds. The molecule has 1 aliphatic heterocycles. The Balaban J connectivity index is 1.78. The van der Waals surface area contributed by atoms with Gasteiger partial charge in [0, 0.05) is 30.9 Å². The molecule has 1 N–H and O–H groups in total. The van der Waals surface area contributed by atoms with Gasteiger partial charge in [-0.15, -0.1) is 0 Å². The second-order valence-corrected chi connectivity index (χ2v) is 6.49. The third kappa shape index (κ3) is 3.39. The first kappa shape index (κ1) is 16.8. The van der Waals surface area contributed by atoms with E-state index in [0.717, 1.165) is 6.42 Å². The lowest BCUT2D eigenvalue weighted by atomic mass is 10.1. The van der Waals surface area contributed by atoms with Crippen LogP contribution in [0.1, 0.15) is 23.2 Å². The maximum absolute atomic E-state index is 12.8. The van der Waals surface area contributed by atoms with E-state index >= 15 is 0 Å². The van der Waals surface area contributed by atoms with E-state index in [0.29, 0.717) is 34.4 Å². The monoisotopic (exact) mass is 366 g/mol. The molecule has 0 radical (unpaired) electrons. The van der Waals surface area contributed by atoms with Gasteiger partial charge in [-0.3, -0.25) is 14.3 Å². The average Bonchev–Trinajstić information content (AvgIpc) is 3.18. The Kier molecular flexibility index (Phi) is 4.78. The lowest BCUT2D eigenvalue weighted by Crippen LogP contribution is -2.43. The molecule has 126 valence electrons. The molecule has 0 aliphatic carbocycles. The molecule has 1 aromatic heterocycles. The van der Waals surface area contributed by atoms with Gasteiger partial charge in [0.2, 0.25) is 5.91 Å². The molecular formula is C16H16Cl2N4O2. The van der Waals surface area contributed by atoms with Crippen molar-refractivity contribution in [1.82, 2.24) is 14.7 Å². The number of carbonyl (C=O) groups excluding carboxylic acids is 2. The minimum Gasteiger partial charge on any atom is -0.327 e. The molecule has 24 heavy (non-hydrogen) atoms. The molecule has 1 fully saturated rings. The number of halogens is 2. The molecule has 2 heterocycles. The molecule has 0 unspecified atom stereocenters. The highest BCUT2D eigenvalue weighted by Crippen LogP contribution is 2.26. The SMILES string of the molecule is Cn1ccc(NC(=O)[C@H]2CCCN2C(=O)c2cc(Cl)ccc2Cl)n1. The number of nitrogens with one attached hydrogen (secondary N) is 1. The number of benzene rings is 1. The van der Waals surface area contributed by atoms with Crippen molar-refractivity contribution in [2.24, 2.45) is 7.05 Å². The van der Waals surface area contributed by atoms with Crippen LogP contribution in [0, 0.1) is 0 Å². The number of amides is 2. The van der Waals surface area contributed by atoms with Crippen LogP contribution in [0.15, 0.2) is 30.5 Å². The molecule has 1 atom stereocenters. The zero-order valence-corrected chi connectivity index (χ0v) is 14.5. The summed E-state index contributed by atoms with van der Waals surface area (Å²) in [5, 5.41) is 7.61. The van der Waals surface area contributed by atoms with Crippen molar-refractivity contribution < 1.29 is 9.59 Å². The molecule has 1 aromatic carbocycles. The normalized spacial score (nSPS) is 17.1. The van der Waals surface area contributed by atoms with Gasteiger partial charge in [0.05, 0.1) is 10.6 Å². The summed E-state index contributed by atoms with van der Waals surface area (Å²) in [7, 11) is 1.77. The summed E-state index contributed by atoms with van der Waals surface area (Å²) in [6.07, 6.45) is 3.09. The van der Waals surface area contributed by atoms with Gasteiger partial charge in [0.15, 0.2) is 5.82 Å². The van der Waals surface area contributed by atoms with E-state index in [-0.39, 0.29) is 11.8 Å². The highest BCUT2D eigenvalue weighted by atomic mass is 35.5. The van der Waals surface area contributed by atoms with Crippen molar-refractivity contribution >= 4 is 40.8 Å². The molecule has 0 spiro atoms. The van der Waals surface area contributed by atoms with Crippen LogP contribution >= 0.6 is 23.2 Å². The van der Waals surface area contributed by atoms with Crippen LogP contribution in [-0.4, -0.2) is 39.1 Å². The first-order valence-electron chi connectivity index (χ1n) is 7.52. The third-order valence-corrected chi connectivity index (χ3v) is 4.50. The first-order chi connectivity index (χ1) is 11.5. The van der Waals surface area contributed by atoms with Gasteiger partial charge >= 0.3 is 0 Å². The van der Waals surface area contributed by atoms with Gasteiger partial charge in [0.25, 0.3) is 5.91 Å². The molecule has 8 heteroatoms. The molecule has 3 rings (SSSR count). The molecule has 0 bridgehead atoms. The fourth-order valence-corrected chi connectivity index (χ4v) is 3.16. The predicted molar refractivity (Wildman–Crippen MR) is 92.4 cm³/mol. The van der Waals surface area contributed by atoms with Crippen LogP contribution in [0.3, 0.4) is 0 Å². The molecule has 1 aliphatic rings. The molecule has 1 saturated heterocycles. The summed E-state index contributed by atoms with van der Waals surface area (Å²) in [5.41, 5.74) is 0.307. The Morgan fingerprint density at radius 2 is 2.08 bits per heavy atom. The number of carbonyl (C=O) groups is 2. The number of hydrogen-bond donors (Lipinski definition) is 1. The van der Waals surface area contributed by atoms with Gasteiger partial charge in [-0.2, -0.15) is 5.10 Å². The van der Waals surface area contributed by atoms with Gasteiger partial charge in [-0.05, 0) is 31.0 Å². The summed E-state index contributed by atoms with van der Waals surface area (Å²) < 4.78 is 1.60. The van der Waals surface area contributed by atoms with Crippen molar-refractivity contribution in [2.75, 3.05) is 11.9 Å². The Morgan fingerprint density at radius 1 is 1.29 bits per heavy atom. The summed E-state index contributed by atoms with van der Waals surface area (Å²) in [4.78, 5) is 26.8.